The van der Waals surface area contributed by atoms with Gasteiger partial charge < -0.3 is 0 Å². The predicted octanol–water partition coefficient (Wildman–Crippen LogP) is 2.27. The first-order valence-electron chi connectivity index (χ1n) is 4.89. The van der Waals surface area contributed by atoms with Gasteiger partial charge in [-0.15, -0.1) is 6.58 Å². The van der Waals surface area contributed by atoms with Crippen molar-refractivity contribution in [3.63, 3.8) is 0 Å². The van der Waals surface area contributed by atoms with Crippen LogP contribution in [0.4, 0.5) is 0 Å². The molecule has 1 aromatic rings. The molecular weight excluding hydrogens is 224 g/mol. The van der Waals surface area contributed by atoms with Gasteiger partial charge in [-0.3, -0.25) is 4.55 Å². The summed E-state index contributed by atoms with van der Waals surface area (Å²) in [4.78, 5) is 0. The topological polar surface area (TPSA) is 54.4 Å². The summed E-state index contributed by atoms with van der Waals surface area (Å²) in [6.45, 7) is 7.07. The summed E-state index contributed by atoms with van der Waals surface area (Å²) in [5.41, 5.74) is 0.823. The van der Waals surface area contributed by atoms with Gasteiger partial charge in [0.2, 0.25) is 0 Å². The molecule has 0 aliphatic carbocycles. The molecule has 3 nitrogen and oxygen atoms in total. The standard InChI is InChI=1S/C12H15O3S/c1-3-12(4-2,16(13,14)15)10-11-8-6-5-7-9-11/h3,5-9H,1-2,4,10H2,(H,13,14,15). The number of rotatable bonds is 5. The smallest absolute Gasteiger partial charge is 0.274 e. The van der Waals surface area contributed by atoms with Crippen molar-refractivity contribution in [3.8, 4) is 0 Å². The molecule has 1 unspecified atom stereocenters. The monoisotopic (exact) mass is 239 g/mol. The van der Waals surface area contributed by atoms with Gasteiger partial charge in [0.05, 0.1) is 0 Å². The van der Waals surface area contributed by atoms with Crippen LogP contribution in [0.3, 0.4) is 0 Å². The van der Waals surface area contributed by atoms with Crippen molar-refractivity contribution in [2.75, 3.05) is 0 Å². The van der Waals surface area contributed by atoms with E-state index >= 15 is 0 Å². The van der Waals surface area contributed by atoms with Gasteiger partial charge in [-0.1, -0.05) is 43.3 Å². The summed E-state index contributed by atoms with van der Waals surface area (Å²) in [6.07, 6.45) is 1.48. The van der Waals surface area contributed by atoms with Gasteiger partial charge in [-0.25, -0.2) is 0 Å². The number of hydrogen-bond donors (Lipinski definition) is 1. The van der Waals surface area contributed by atoms with E-state index in [1.54, 1.807) is 12.1 Å². The maximum Gasteiger partial charge on any atom is 0.274 e. The van der Waals surface area contributed by atoms with Crippen molar-refractivity contribution in [3.05, 3.63) is 55.5 Å². The summed E-state index contributed by atoms with van der Waals surface area (Å²) < 4.78 is 30.6. The van der Waals surface area contributed by atoms with Gasteiger partial charge in [-0.2, -0.15) is 8.42 Å². The van der Waals surface area contributed by atoms with Gasteiger partial charge in [0, 0.05) is 0 Å². The van der Waals surface area contributed by atoms with Gasteiger partial charge in [0.25, 0.3) is 10.1 Å². The Kier molecular flexibility index (Phi) is 3.88. The Labute approximate surface area is 96.6 Å². The lowest BCUT2D eigenvalue weighted by Gasteiger charge is -2.25. The molecule has 87 valence electrons. The third-order valence-electron chi connectivity index (χ3n) is 2.66. The molecule has 1 rings (SSSR count). The Morgan fingerprint density at radius 3 is 2.25 bits per heavy atom. The molecule has 0 fully saturated rings. The Balaban J connectivity index is 3.11. The van der Waals surface area contributed by atoms with Crippen LogP contribution in [0.1, 0.15) is 12.0 Å². The quantitative estimate of drug-likeness (QED) is 0.633. The number of benzene rings is 1. The van der Waals surface area contributed by atoms with Gasteiger partial charge in [-0.05, 0) is 18.4 Å². The lowest BCUT2D eigenvalue weighted by molar-refractivity contribution is 0.444. The second kappa shape index (κ2) is 4.80. The SMILES string of the molecule is [CH2]CC(C=C)(Cc1ccccc1)S(=O)(=O)O. The highest BCUT2D eigenvalue weighted by atomic mass is 32.2. The van der Waals surface area contributed by atoms with E-state index in [1.165, 1.54) is 6.08 Å². The fourth-order valence-electron chi connectivity index (χ4n) is 1.53. The van der Waals surface area contributed by atoms with E-state index in [1.807, 2.05) is 18.2 Å². The first-order valence-corrected chi connectivity index (χ1v) is 6.33. The zero-order valence-corrected chi connectivity index (χ0v) is 9.78. The summed E-state index contributed by atoms with van der Waals surface area (Å²) in [6, 6.07) is 9.08. The average molecular weight is 239 g/mol. The highest BCUT2D eigenvalue weighted by Crippen LogP contribution is 2.27. The summed E-state index contributed by atoms with van der Waals surface area (Å²) in [7, 11) is -4.21. The predicted molar refractivity (Wildman–Crippen MR) is 64.6 cm³/mol. The average Bonchev–Trinajstić information content (AvgIpc) is 2.25. The Hall–Kier alpha value is -1.13. The molecule has 1 atom stereocenters. The van der Waals surface area contributed by atoms with E-state index in [-0.39, 0.29) is 12.8 Å². The van der Waals surface area contributed by atoms with Crippen molar-refractivity contribution in [1.82, 2.24) is 0 Å². The van der Waals surface area contributed by atoms with E-state index in [4.69, 9.17) is 0 Å². The summed E-state index contributed by atoms with van der Waals surface area (Å²) in [5, 5.41) is 0. The van der Waals surface area contributed by atoms with Crippen LogP contribution in [0.15, 0.2) is 43.0 Å². The molecule has 4 heteroatoms. The molecule has 1 aromatic carbocycles. The lowest BCUT2D eigenvalue weighted by atomic mass is 9.96. The van der Waals surface area contributed by atoms with Gasteiger partial charge in [0.15, 0.2) is 0 Å². The molecule has 0 amide bonds. The number of hydrogen-bond acceptors (Lipinski definition) is 2. The van der Waals surface area contributed by atoms with Crippen molar-refractivity contribution in [2.45, 2.75) is 17.6 Å². The van der Waals surface area contributed by atoms with Crippen molar-refractivity contribution in [2.24, 2.45) is 0 Å². The first-order chi connectivity index (χ1) is 7.45. The van der Waals surface area contributed by atoms with E-state index in [9.17, 15) is 13.0 Å². The largest absolute Gasteiger partial charge is 0.285 e. The van der Waals surface area contributed by atoms with Crippen LogP contribution in [-0.2, 0) is 16.5 Å². The van der Waals surface area contributed by atoms with Crippen molar-refractivity contribution < 1.29 is 13.0 Å². The second-order valence-corrected chi connectivity index (χ2v) is 5.42. The summed E-state index contributed by atoms with van der Waals surface area (Å²) in [5.74, 6) is 0. The van der Waals surface area contributed by atoms with Crippen molar-refractivity contribution in [1.29, 1.82) is 0 Å². The van der Waals surface area contributed by atoms with E-state index in [2.05, 4.69) is 13.5 Å². The van der Waals surface area contributed by atoms with Gasteiger partial charge >= 0.3 is 0 Å². The highest BCUT2D eigenvalue weighted by Gasteiger charge is 2.38. The van der Waals surface area contributed by atoms with Crippen LogP contribution >= 0.6 is 0 Å². The van der Waals surface area contributed by atoms with Crippen molar-refractivity contribution >= 4 is 10.1 Å². The molecule has 0 saturated carbocycles. The maximum atomic E-state index is 11.4. The summed E-state index contributed by atoms with van der Waals surface area (Å²) >= 11 is 0. The third-order valence-corrected chi connectivity index (χ3v) is 4.20. The Bertz CT molecular complexity index is 450. The minimum Gasteiger partial charge on any atom is -0.285 e. The molecule has 0 bridgehead atoms. The minimum atomic E-state index is -4.21. The normalized spacial score (nSPS) is 15.4. The van der Waals surface area contributed by atoms with Crippen LogP contribution in [0.2, 0.25) is 0 Å². The Morgan fingerprint density at radius 1 is 1.31 bits per heavy atom. The fourth-order valence-corrected chi connectivity index (χ4v) is 2.35. The second-order valence-electron chi connectivity index (χ2n) is 3.66. The minimum absolute atomic E-state index is 0.0459. The molecule has 16 heavy (non-hydrogen) atoms. The lowest BCUT2D eigenvalue weighted by Crippen LogP contribution is -2.37. The van der Waals surface area contributed by atoms with E-state index < -0.39 is 14.9 Å². The molecule has 0 aliphatic rings. The van der Waals surface area contributed by atoms with E-state index in [0.717, 1.165) is 5.56 Å². The maximum absolute atomic E-state index is 11.4. The molecule has 0 aliphatic heterocycles. The van der Waals surface area contributed by atoms with Crippen LogP contribution in [-0.4, -0.2) is 17.7 Å². The van der Waals surface area contributed by atoms with Crippen LogP contribution in [0, 0.1) is 6.92 Å². The Morgan fingerprint density at radius 2 is 1.88 bits per heavy atom. The fraction of sp³-hybridized carbons (Fsp3) is 0.250. The van der Waals surface area contributed by atoms with Crippen LogP contribution in [0.25, 0.3) is 0 Å². The molecule has 1 radical (unpaired) electrons. The van der Waals surface area contributed by atoms with Crippen LogP contribution in [0.5, 0.6) is 0 Å². The first kappa shape index (κ1) is 12.9. The molecule has 0 heterocycles. The molecular formula is C12H15O3S. The van der Waals surface area contributed by atoms with Crippen LogP contribution < -0.4 is 0 Å². The molecule has 1 N–H and O–H groups in total. The molecule has 0 saturated heterocycles. The zero-order chi connectivity index (χ0) is 12.2. The van der Waals surface area contributed by atoms with E-state index in [0.29, 0.717) is 0 Å². The zero-order valence-electron chi connectivity index (χ0n) is 8.96. The third kappa shape index (κ3) is 2.51. The highest BCUT2D eigenvalue weighted by molar-refractivity contribution is 7.87. The molecule has 0 aromatic heterocycles. The molecule has 0 spiro atoms. The van der Waals surface area contributed by atoms with Gasteiger partial charge in [0.1, 0.15) is 4.75 Å².